The van der Waals surface area contributed by atoms with Crippen molar-refractivity contribution >= 4 is 37.4 Å². The van der Waals surface area contributed by atoms with Gasteiger partial charge in [-0.05, 0) is 34.1 Å². The van der Waals surface area contributed by atoms with Gasteiger partial charge in [0.1, 0.15) is 5.82 Å². The van der Waals surface area contributed by atoms with Crippen molar-refractivity contribution in [2.24, 2.45) is 0 Å². The third-order valence-electron chi connectivity index (χ3n) is 1.55. The third kappa shape index (κ3) is 1.15. The van der Waals surface area contributed by atoms with E-state index in [2.05, 4.69) is 15.9 Å². The molecule has 0 saturated carbocycles. The summed E-state index contributed by atoms with van der Waals surface area (Å²) < 4.78 is 26.6. The number of rotatable bonds is 0. The SMILES string of the molecule is Fc1ccc2c(Br)c(F)sc2c1. The van der Waals surface area contributed by atoms with E-state index in [0.29, 0.717) is 9.17 Å². The Morgan fingerprint density at radius 2 is 2.00 bits per heavy atom. The fourth-order valence-electron chi connectivity index (χ4n) is 1.01. The summed E-state index contributed by atoms with van der Waals surface area (Å²) in [5, 5.41) is 0.412. The average molecular weight is 249 g/mol. The van der Waals surface area contributed by atoms with Gasteiger partial charge in [0.15, 0.2) is 5.13 Å². The number of hydrogen-bond acceptors (Lipinski definition) is 1. The van der Waals surface area contributed by atoms with E-state index in [1.54, 1.807) is 6.07 Å². The summed E-state index contributed by atoms with van der Waals surface area (Å²) in [4.78, 5) is 0. The molecule has 0 aliphatic rings. The predicted octanol–water partition coefficient (Wildman–Crippen LogP) is 3.94. The van der Waals surface area contributed by atoms with E-state index in [-0.39, 0.29) is 10.9 Å². The van der Waals surface area contributed by atoms with Gasteiger partial charge in [-0.1, -0.05) is 0 Å². The Morgan fingerprint density at radius 3 is 2.75 bits per heavy atom. The van der Waals surface area contributed by atoms with Gasteiger partial charge >= 0.3 is 0 Å². The minimum Gasteiger partial charge on any atom is -0.207 e. The summed E-state index contributed by atoms with van der Waals surface area (Å²) in [5.41, 5.74) is 0. The highest BCUT2D eigenvalue weighted by Crippen LogP contribution is 2.34. The topological polar surface area (TPSA) is 0 Å². The largest absolute Gasteiger partial charge is 0.207 e. The van der Waals surface area contributed by atoms with Gasteiger partial charge in [0.2, 0.25) is 0 Å². The lowest BCUT2D eigenvalue weighted by atomic mass is 10.3. The Kier molecular flexibility index (Phi) is 1.88. The van der Waals surface area contributed by atoms with Crippen molar-refractivity contribution in [1.29, 1.82) is 0 Å². The molecular weight excluding hydrogens is 246 g/mol. The van der Waals surface area contributed by atoms with Crippen molar-refractivity contribution < 1.29 is 8.78 Å². The molecule has 0 aliphatic heterocycles. The zero-order chi connectivity index (χ0) is 8.72. The van der Waals surface area contributed by atoms with E-state index in [0.717, 1.165) is 16.7 Å². The van der Waals surface area contributed by atoms with Crippen LogP contribution in [0.2, 0.25) is 0 Å². The molecule has 0 fully saturated rings. The summed E-state index contributed by atoms with van der Waals surface area (Å²) in [6.07, 6.45) is 0. The quantitative estimate of drug-likeness (QED) is 0.663. The first-order valence-corrected chi connectivity index (χ1v) is 4.82. The fourth-order valence-corrected chi connectivity index (χ4v) is 2.57. The van der Waals surface area contributed by atoms with Crippen molar-refractivity contribution in [3.05, 3.63) is 33.6 Å². The molecule has 1 heterocycles. The van der Waals surface area contributed by atoms with Gasteiger partial charge in [-0.3, -0.25) is 0 Å². The van der Waals surface area contributed by atoms with Crippen molar-refractivity contribution in [3.63, 3.8) is 0 Å². The smallest absolute Gasteiger partial charge is 0.191 e. The number of fused-ring (bicyclic) bond motifs is 1. The molecule has 0 atom stereocenters. The van der Waals surface area contributed by atoms with Gasteiger partial charge in [-0.15, -0.1) is 11.3 Å². The molecule has 12 heavy (non-hydrogen) atoms. The van der Waals surface area contributed by atoms with Crippen LogP contribution in [0.5, 0.6) is 0 Å². The Hall–Kier alpha value is -0.480. The lowest BCUT2D eigenvalue weighted by Crippen LogP contribution is -1.69. The van der Waals surface area contributed by atoms with Gasteiger partial charge < -0.3 is 0 Å². The lowest BCUT2D eigenvalue weighted by molar-refractivity contribution is 0.630. The predicted molar refractivity (Wildman–Crippen MR) is 49.4 cm³/mol. The van der Waals surface area contributed by atoms with Gasteiger partial charge in [0.25, 0.3) is 0 Å². The molecule has 1 aromatic carbocycles. The van der Waals surface area contributed by atoms with Gasteiger partial charge in [-0.25, -0.2) is 4.39 Å². The van der Waals surface area contributed by atoms with E-state index in [9.17, 15) is 8.78 Å². The standard InChI is InChI=1S/C8H3BrF2S/c9-7-5-2-1-4(10)3-6(5)12-8(7)11/h1-3H. The Labute approximate surface area is 80.0 Å². The molecular formula is C8H3BrF2S. The Balaban J connectivity index is 2.87. The molecule has 2 rings (SSSR count). The van der Waals surface area contributed by atoms with E-state index in [4.69, 9.17) is 0 Å². The van der Waals surface area contributed by atoms with Crippen LogP contribution >= 0.6 is 27.3 Å². The monoisotopic (exact) mass is 248 g/mol. The first kappa shape index (κ1) is 8.13. The van der Waals surface area contributed by atoms with E-state index in [1.165, 1.54) is 12.1 Å². The fraction of sp³-hybridized carbons (Fsp3) is 0. The highest BCUT2D eigenvalue weighted by atomic mass is 79.9. The minimum absolute atomic E-state index is 0.310. The van der Waals surface area contributed by atoms with Gasteiger partial charge in [0, 0.05) is 10.1 Å². The van der Waals surface area contributed by atoms with Crippen LogP contribution in [0, 0.1) is 10.9 Å². The number of benzene rings is 1. The second-order valence-electron chi connectivity index (χ2n) is 2.33. The van der Waals surface area contributed by atoms with E-state index < -0.39 is 0 Å². The molecule has 62 valence electrons. The second kappa shape index (κ2) is 2.78. The molecule has 4 heteroatoms. The Morgan fingerprint density at radius 1 is 1.25 bits per heavy atom. The maximum Gasteiger partial charge on any atom is 0.191 e. The van der Waals surface area contributed by atoms with Gasteiger partial charge in [0.05, 0.1) is 4.47 Å². The molecule has 0 nitrogen and oxygen atoms in total. The van der Waals surface area contributed by atoms with Crippen LogP contribution in [-0.4, -0.2) is 0 Å². The van der Waals surface area contributed by atoms with Crippen LogP contribution < -0.4 is 0 Å². The van der Waals surface area contributed by atoms with Crippen molar-refractivity contribution in [3.8, 4) is 0 Å². The highest BCUT2D eigenvalue weighted by molar-refractivity contribution is 9.10. The maximum absolute atomic E-state index is 12.9. The minimum atomic E-state index is -0.337. The van der Waals surface area contributed by atoms with E-state index >= 15 is 0 Å². The first-order valence-electron chi connectivity index (χ1n) is 3.21. The molecule has 0 radical (unpaired) electrons. The molecule has 2 aromatic rings. The van der Waals surface area contributed by atoms with E-state index in [1.807, 2.05) is 0 Å². The average Bonchev–Trinajstić information content (AvgIpc) is 2.28. The highest BCUT2D eigenvalue weighted by Gasteiger charge is 2.08. The van der Waals surface area contributed by atoms with Crippen LogP contribution in [-0.2, 0) is 0 Å². The zero-order valence-electron chi connectivity index (χ0n) is 5.77. The summed E-state index contributed by atoms with van der Waals surface area (Å²) in [6, 6.07) is 4.21. The third-order valence-corrected chi connectivity index (χ3v) is 3.53. The number of halogens is 3. The maximum atomic E-state index is 12.9. The summed E-state index contributed by atoms with van der Waals surface area (Å²) in [6.45, 7) is 0. The van der Waals surface area contributed by atoms with Crippen LogP contribution in [0.3, 0.4) is 0 Å². The number of hydrogen-bond donors (Lipinski definition) is 0. The summed E-state index contributed by atoms with van der Waals surface area (Å²) in [5.74, 6) is -0.337. The summed E-state index contributed by atoms with van der Waals surface area (Å²) >= 11 is 4.03. The zero-order valence-corrected chi connectivity index (χ0v) is 8.18. The second-order valence-corrected chi connectivity index (χ2v) is 4.13. The molecule has 0 spiro atoms. The van der Waals surface area contributed by atoms with Crippen LogP contribution in [0.25, 0.3) is 10.1 Å². The molecule has 0 N–H and O–H groups in total. The van der Waals surface area contributed by atoms with Gasteiger partial charge in [-0.2, -0.15) is 4.39 Å². The molecule has 1 aromatic heterocycles. The lowest BCUT2D eigenvalue weighted by Gasteiger charge is -1.88. The number of thiophene rings is 1. The van der Waals surface area contributed by atoms with Crippen molar-refractivity contribution in [2.75, 3.05) is 0 Å². The summed E-state index contributed by atoms with van der Waals surface area (Å²) in [7, 11) is 0. The Bertz CT molecular complexity index is 436. The molecule has 0 aliphatic carbocycles. The molecule has 0 unspecified atom stereocenters. The molecule has 0 amide bonds. The van der Waals surface area contributed by atoms with Crippen molar-refractivity contribution in [1.82, 2.24) is 0 Å². The van der Waals surface area contributed by atoms with Crippen LogP contribution in [0.15, 0.2) is 22.7 Å². The van der Waals surface area contributed by atoms with Crippen molar-refractivity contribution in [2.45, 2.75) is 0 Å². The van der Waals surface area contributed by atoms with Crippen LogP contribution in [0.4, 0.5) is 8.78 Å². The normalized spacial score (nSPS) is 10.9. The molecule has 0 saturated heterocycles. The first-order chi connectivity index (χ1) is 5.68. The van der Waals surface area contributed by atoms with Crippen LogP contribution in [0.1, 0.15) is 0 Å². The molecule has 0 bridgehead atoms.